The molecule has 0 saturated heterocycles. The van der Waals surface area contributed by atoms with Crippen molar-refractivity contribution in [3.8, 4) is 0 Å². The smallest absolute Gasteiger partial charge is 0.0643 e. The van der Waals surface area contributed by atoms with Crippen molar-refractivity contribution in [2.75, 3.05) is 19.1 Å². The van der Waals surface area contributed by atoms with Crippen molar-refractivity contribution in [1.29, 1.82) is 0 Å². The van der Waals surface area contributed by atoms with E-state index in [-0.39, 0.29) is 0 Å². The Labute approximate surface area is 92.0 Å². The van der Waals surface area contributed by atoms with Gasteiger partial charge in [-0.2, -0.15) is 11.8 Å². The molecule has 2 heteroatoms. The van der Waals surface area contributed by atoms with Crippen molar-refractivity contribution in [3.05, 3.63) is 0 Å². The molecule has 2 rings (SSSR count). The number of rotatable bonds is 3. The number of methoxy groups -OCH3 is 1. The Morgan fingerprint density at radius 3 is 2.64 bits per heavy atom. The van der Waals surface area contributed by atoms with Gasteiger partial charge < -0.3 is 4.74 Å². The fourth-order valence-electron chi connectivity index (χ4n) is 3.92. The summed E-state index contributed by atoms with van der Waals surface area (Å²) in [5.41, 5.74) is 0.961. The third-order valence-electron chi connectivity index (χ3n) is 5.04. The molecule has 82 valence electrons. The number of hydrogen-bond acceptors (Lipinski definition) is 2. The summed E-state index contributed by atoms with van der Waals surface area (Å²) < 4.78 is 5.72. The first-order chi connectivity index (χ1) is 6.58. The first-order valence-electron chi connectivity index (χ1n) is 5.60. The molecule has 0 spiro atoms. The van der Waals surface area contributed by atoms with Crippen molar-refractivity contribution in [2.45, 2.75) is 39.2 Å². The van der Waals surface area contributed by atoms with Crippen LogP contribution in [0.1, 0.15) is 33.1 Å². The van der Waals surface area contributed by atoms with E-state index in [1.165, 1.54) is 25.0 Å². The van der Waals surface area contributed by atoms with E-state index < -0.39 is 0 Å². The monoisotopic (exact) mass is 214 g/mol. The summed E-state index contributed by atoms with van der Waals surface area (Å²) in [5, 5.41) is 0. The minimum atomic E-state index is 0.464. The average molecular weight is 214 g/mol. The molecule has 2 aliphatic carbocycles. The van der Waals surface area contributed by atoms with E-state index >= 15 is 0 Å². The zero-order valence-corrected chi connectivity index (χ0v) is 10.6. The van der Waals surface area contributed by atoms with Gasteiger partial charge >= 0.3 is 0 Å². The molecular weight excluding hydrogens is 192 g/mol. The normalized spacial score (nSPS) is 44.6. The van der Waals surface area contributed by atoms with Gasteiger partial charge in [-0.25, -0.2) is 0 Å². The van der Waals surface area contributed by atoms with E-state index in [1.54, 1.807) is 0 Å². The fourth-order valence-corrected chi connectivity index (χ4v) is 5.14. The molecule has 14 heavy (non-hydrogen) atoms. The Morgan fingerprint density at radius 2 is 2.14 bits per heavy atom. The Kier molecular flexibility index (Phi) is 2.64. The molecule has 3 atom stereocenters. The van der Waals surface area contributed by atoms with Crippen molar-refractivity contribution >= 4 is 11.8 Å². The highest BCUT2D eigenvalue weighted by atomic mass is 32.2. The van der Waals surface area contributed by atoms with E-state index in [0.717, 1.165) is 5.92 Å². The predicted molar refractivity (Wildman–Crippen MR) is 62.7 cm³/mol. The molecule has 0 aromatic carbocycles. The highest BCUT2D eigenvalue weighted by Gasteiger charge is 2.63. The first kappa shape index (κ1) is 10.8. The van der Waals surface area contributed by atoms with Crippen LogP contribution in [0, 0.1) is 16.7 Å². The van der Waals surface area contributed by atoms with Crippen LogP contribution >= 0.6 is 11.8 Å². The first-order valence-corrected chi connectivity index (χ1v) is 6.99. The Balaban J connectivity index is 2.30. The molecule has 2 fully saturated rings. The summed E-state index contributed by atoms with van der Waals surface area (Å²) in [5.74, 6) is 2.18. The lowest BCUT2D eigenvalue weighted by Crippen LogP contribution is -2.41. The SMILES string of the molecule is COC1CC2CCC1(CSC)C2(C)C. The van der Waals surface area contributed by atoms with Crippen LogP contribution in [-0.4, -0.2) is 25.2 Å². The van der Waals surface area contributed by atoms with Crippen LogP contribution in [0.3, 0.4) is 0 Å². The third kappa shape index (κ3) is 1.13. The van der Waals surface area contributed by atoms with Gasteiger partial charge in [0, 0.05) is 18.3 Å². The van der Waals surface area contributed by atoms with Gasteiger partial charge in [0.25, 0.3) is 0 Å². The summed E-state index contributed by atoms with van der Waals surface area (Å²) >= 11 is 1.99. The molecule has 2 aliphatic rings. The standard InChI is InChI=1S/C12H22OS/c1-11(2)9-5-6-12(11,8-14-4)10(7-9)13-3/h9-10H,5-8H2,1-4H3. The van der Waals surface area contributed by atoms with Crippen LogP contribution in [0.15, 0.2) is 0 Å². The number of thioether (sulfide) groups is 1. The van der Waals surface area contributed by atoms with Gasteiger partial charge in [0.2, 0.25) is 0 Å². The lowest BCUT2D eigenvalue weighted by Gasteiger charge is -2.41. The maximum atomic E-state index is 5.72. The minimum Gasteiger partial charge on any atom is -0.381 e. The van der Waals surface area contributed by atoms with Crippen LogP contribution in [-0.2, 0) is 4.74 Å². The van der Waals surface area contributed by atoms with Crippen LogP contribution in [0.5, 0.6) is 0 Å². The number of ether oxygens (including phenoxy) is 1. The zero-order chi connectivity index (χ0) is 10.4. The third-order valence-corrected chi connectivity index (χ3v) is 5.85. The van der Waals surface area contributed by atoms with Crippen LogP contribution in [0.4, 0.5) is 0 Å². The summed E-state index contributed by atoms with van der Waals surface area (Å²) in [6.07, 6.45) is 6.84. The predicted octanol–water partition coefficient (Wildman–Crippen LogP) is 3.19. The molecular formula is C12H22OS. The van der Waals surface area contributed by atoms with Crippen molar-refractivity contribution in [1.82, 2.24) is 0 Å². The topological polar surface area (TPSA) is 9.23 Å². The summed E-state index contributed by atoms with van der Waals surface area (Å²) in [7, 11) is 1.89. The van der Waals surface area contributed by atoms with E-state index in [9.17, 15) is 0 Å². The van der Waals surface area contributed by atoms with Gasteiger partial charge in [-0.15, -0.1) is 0 Å². The lowest BCUT2D eigenvalue weighted by molar-refractivity contribution is -0.0166. The number of hydrogen-bond donors (Lipinski definition) is 0. The van der Waals surface area contributed by atoms with Gasteiger partial charge in [-0.3, -0.25) is 0 Å². The maximum absolute atomic E-state index is 5.72. The van der Waals surface area contributed by atoms with Crippen LogP contribution in [0.2, 0.25) is 0 Å². The van der Waals surface area contributed by atoms with Crippen molar-refractivity contribution < 1.29 is 4.74 Å². The number of fused-ring (bicyclic) bond motifs is 2. The molecule has 0 aromatic heterocycles. The van der Waals surface area contributed by atoms with Crippen molar-refractivity contribution in [2.24, 2.45) is 16.7 Å². The van der Waals surface area contributed by atoms with E-state index in [2.05, 4.69) is 20.1 Å². The summed E-state index contributed by atoms with van der Waals surface area (Å²) in [4.78, 5) is 0. The van der Waals surface area contributed by atoms with Crippen molar-refractivity contribution in [3.63, 3.8) is 0 Å². The van der Waals surface area contributed by atoms with Gasteiger partial charge in [0.15, 0.2) is 0 Å². The minimum absolute atomic E-state index is 0.464. The van der Waals surface area contributed by atoms with Gasteiger partial charge in [0.1, 0.15) is 0 Å². The molecule has 0 N–H and O–H groups in total. The highest BCUT2D eigenvalue weighted by molar-refractivity contribution is 7.98. The Bertz CT molecular complexity index is 226. The highest BCUT2D eigenvalue weighted by Crippen LogP contribution is 2.67. The molecule has 0 aliphatic heterocycles. The van der Waals surface area contributed by atoms with E-state index in [0.29, 0.717) is 16.9 Å². The summed E-state index contributed by atoms with van der Waals surface area (Å²) in [6.45, 7) is 4.92. The van der Waals surface area contributed by atoms with E-state index in [4.69, 9.17) is 4.74 Å². The Morgan fingerprint density at radius 1 is 1.43 bits per heavy atom. The lowest BCUT2D eigenvalue weighted by atomic mass is 9.69. The molecule has 0 heterocycles. The second-order valence-corrected chi connectivity index (χ2v) is 6.37. The molecule has 2 saturated carbocycles. The largest absolute Gasteiger partial charge is 0.381 e. The quantitative estimate of drug-likeness (QED) is 0.713. The van der Waals surface area contributed by atoms with E-state index in [1.807, 2.05) is 18.9 Å². The maximum Gasteiger partial charge on any atom is 0.0643 e. The molecule has 0 radical (unpaired) electrons. The molecule has 2 bridgehead atoms. The zero-order valence-electron chi connectivity index (χ0n) is 9.80. The molecule has 3 unspecified atom stereocenters. The van der Waals surface area contributed by atoms with Crippen LogP contribution < -0.4 is 0 Å². The average Bonchev–Trinajstić information content (AvgIpc) is 2.51. The fraction of sp³-hybridized carbons (Fsp3) is 1.00. The molecule has 0 aromatic rings. The molecule has 1 nitrogen and oxygen atoms in total. The molecule has 0 amide bonds. The van der Waals surface area contributed by atoms with Gasteiger partial charge in [-0.05, 0) is 36.9 Å². The summed E-state index contributed by atoms with van der Waals surface area (Å²) in [6, 6.07) is 0. The Hall–Kier alpha value is 0.310. The second-order valence-electron chi connectivity index (χ2n) is 5.51. The second kappa shape index (κ2) is 3.41. The van der Waals surface area contributed by atoms with Gasteiger partial charge in [-0.1, -0.05) is 13.8 Å². The van der Waals surface area contributed by atoms with Gasteiger partial charge in [0.05, 0.1) is 6.10 Å². The van der Waals surface area contributed by atoms with Crippen LogP contribution in [0.25, 0.3) is 0 Å².